The Kier molecular flexibility index (Phi) is 5.14. The third kappa shape index (κ3) is 3.84. The molecule has 0 radical (unpaired) electrons. The first-order valence-corrected chi connectivity index (χ1v) is 10.1. The largest absolute Gasteiger partial charge is 0.408 e. The van der Waals surface area contributed by atoms with Crippen LogP contribution in [-0.2, 0) is 11.3 Å². The first kappa shape index (κ1) is 20.6. The van der Waals surface area contributed by atoms with Crippen molar-refractivity contribution in [2.45, 2.75) is 31.6 Å². The van der Waals surface area contributed by atoms with Crippen molar-refractivity contribution in [3.05, 3.63) is 42.5 Å². The third-order valence-electron chi connectivity index (χ3n) is 5.44. The monoisotopic (exact) mass is 444 g/mol. The molecule has 1 unspecified atom stereocenters. The number of Topliss-reactive ketones (excluding diaryl/α,β-unsaturated/α-hetero) is 1. The quantitative estimate of drug-likeness (QED) is 0.468. The molecule has 1 aliphatic heterocycles. The van der Waals surface area contributed by atoms with E-state index in [4.69, 9.17) is 4.74 Å². The van der Waals surface area contributed by atoms with Gasteiger partial charge in [0, 0.05) is 36.1 Å². The molecular formula is C21H19F3N6O2. The van der Waals surface area contributed by atoms with Crippen molar-refractivity contribution in [3.63, 3.8) is 0 Å². The molecule has 0 aliphatic carbocycles. The molecule has 166 valence electrons. The number of aromatic amines is 1. The van der Waals surface area contributed by atoms with Crippen molar-refractivity contribution in [2.75, 3.05) is 13.3 Å². The number of ether oxygens (including phenoxy) is 1. The highest BCUT2D eigenvalue weighted by molar-refractivity contribution is 6.04. The molecule has 0 saturated carbocycles. The van der Waals surface area contributed by atoms with Gasteiger partial charge in [-0.25, -0.2) is 0 Å². The number of hydrogen-bond donors (Lipinski definition) is 2. The van der Waals surface area contributed by atoms with Gasteiger partial charge in [-0.3, -0.25) is 24.8 Å². The van der Waals surface area contributed by atoms with Gasteiger partial charge in [0.25, 0.3) is 0 Å². The molecule has 5 rings (SSSR count). The van der Waals surface area contributed by atoms with E-state index < -0.39 is 18.8 Å². The van der Waals surface area contributed by atoms with E-state index >= 15 is 0 Å². The Labute approximate surface area is 179 Å². The lowest BCUT2D eigenvalue weighted by atomic mass is 10.0. The lowest BCUT2D eigenvalue weighted by Gasteiger charge is -2.13. The number of aromatic nitrogens is 5. The first-order valence-electron chi connectivity index (χ1n) is 10.1. The zero-order valence-corrected chi connectivity index (χ0v) is 16.8. The van der Waals surface area contributed by atoms with Gasteiger partial charge in [-0.1, -0.05) is 0 Å². The van der Waals surface area contributed by atoms with Crippen LogP contribution in [0.3, 0.4) is 0 Å². The van der Waals surface area contributed by atoms with Gasteiger partial charge in [0.2, 0.25) is 0 Å². The van der Waals surface area contributed by atoms with Crippen LogP contribution in [0.1, 0.15) is 23.3 Å². The van der Waals surface area contributed by atoms with E-state index in [0.29, 0.717) is 41.6 Å². The van der Waals surface area contributed by atoms with Crippen molar-refractivity contribution in [3.8, 4) is 11.3 Å². The SMILES string of the molecule is O=C(c1cc2c(cn1)c(-c1c[nH]c3cccnc13)nn2CC(F)(F)F)C1CCCOCN1. The van der Waals surface area contributed by atoms with Crippen molar-refractivity contribution in [1.82, 2.24) is 30.0 Å². The highest BCUT2D eigenvalue weighted by atomic mass is 19.4. The molecule has 5 heterocycles. The van der Waals surface area contributed by atoms with E-state index in [0.717, 1.165) is 10.2 Å². The molecule has 1 aliphatic rings. The molecule has 1 saturated heterocycles. The van der Waals surface area contributed by atoms with E-state index in [1.54, 1.807) is 18.5 Å². The molecule has 4 aromatic rings. The Bertz CT molecular complexity index is 1290. The average Bonchev–Trinajstić information content (AvgIpc) is 3.21. The summed E-state index contributed by atoms with van der Waals surface area (Å²) in [7, 11) is 0. The molecule has 1 fully saturated rings. The molecule has 1 atom stereocenters. The maximum absolute atomic E-state index is 13.3. The topological polar surface area (TPSA) is 97.7 Å². The minimum atomic E-state index is -4.48. The lowest BCUT2D eigenvalue weighted by molar-refractivity contribution is -0.141. The highest BCUT2D eigenvalue weighted by Gasteiger charge is 2.31. The van der Waals surface area contributed by atoms with Gasteiger partial charge >= 0.3 is 6.18 Å². The molecule has 2 N–H and O–H groups in total. The first-order chi connectivity index (χ1) is 15.4. The highest BCUT2D eigenvalue weighted by Crippen LogP contribution is 2.33. The normalized spacial score (nSPS) is 17.7. The molecule has 4 aromatic heterocycles. The summed E-state index contributed by atoms with van der Waals surface area (Å²) in [6, 6.07) is 4.46. The Morgan fingerprint density at radius 3 is 3.03 bits per heavy atom. The van der Waals surface area contributed by atoms with Crippen molar-refractivity contribution >= 4 is 27.7 Å². The number of carbonyl (C=O) groups is 1. The summed E-state index contributed by atoms with van der Waals surface area (Å²) in [5.41, 5.74) is 2.49. The van der Waals surface area contributed by atoms with Crippen LogP contribution in [0.2, 0.25) is 0 Å². The standard InChI is InChI=1S/C21H19F3N6O2/c22-21(23,24)10-30-17-7-16(20(31)15-4-2-6-32-11-28-15)27-8-12(17)18(29-30)13-9-26-14-3-1-5-25-19(13)14/h1,3,5,7-9,15,26,28H,2,4,6,10-11H2. The maximum atomic E-state index is 13.3. The van der Waals surface area contributed by atoms with Crippen molar-refractivity contribution in [2.24, 2.45) is 0 Å². The summed E-state index contributed by atoms with van der Waals surface area (Å²) >= 11 is 0. The molecule has 32 heavy (non-hydrogen) atoms. The summed E-state index contributed by atoms with van der Waals surface area (Å²) < 4.78 is 46.0. The van der Waals surface area contributed by atoms with Crippen LogP contribution >= 0.6 is 0 Å². The van der Waals surface area contributed by atoms with Gasteiger partial charge in [-0.05, 0) is 31.0 Å². The minimum absolute atomic E-state index is 0.0869. The summed E-state index contributed by atoms with van der Waals surface area (Å²) in [6.45, 7) is -0.502. The fraction of sp³-hybridized carbons (Fsp3) is 0.333. The number of pyridine rings is 2. The van der Waals surface area contributed by atoms with Crippen molar-refractivity contribution in [1.29, 1.82) is 0 Å². The second kappa shape index (κ2) is 7.99. The summed E-state index contributed by atoms with van der Waals surface area (Å²) in [5, 5.41) is 7.66. The number of rotatable bonds is 4. The molecule has 0 amide bonds. The van der Waals surface area contributed by atoms with Gasteiger partial charge < -0.3 is 9.72 Å². The van der Waals surface area contributed by atoms with E-state index in [1.807, 2.05) is 6.07 Å². The van der Waals surface area contributed by atoms with E-state index in [2.05, 4.69) is 25.4 Å². The summed E-state index contributed by atoms with van der Waals surface area (Å²) in [4.78, 5) is 24.6. The van der Waals surface area contributed by atoms with Gasteiger partial charge in [-0.2, -0.15) is 18.3 Å². The maximum Gasteiger partial charge on any atom is 0.408 e. The Morgan fingerprint density at radius 1 is 1.31 bits per heavy atom. The van der Waals surface area contributed by atoms with E-state index in [9.17, 15) is 18.0 Å². The summed E-state index contributed by atoms with van der Waals surface area (Å²) in [6.07, 6.45) is 1.45. The molecule has 11 heteroatoms. The number of hydrogen-bond acceptors (Lipinski definition) is 6. The Hall–Kier alpha value is -3.31. The molecule has 0 spiro atoms. The van der Waals surface area contributed by atoms with E-state index in [-0.39, 0.29) is 23.7 Å². The van der Waals surface area contributed by atoms with Crippen LogP contribution in [-0.4, -0.2) is 56.1 Å². The van der Waals surface area contributed by atoms with Crippen LogP contribution in [0.5, 0.6) is 0 Å². The molecule has 0 aromatic carbocycles. The van der Waals surface area contributed by atoms with Crippen LogP contribution in [0, 0.1) is 0 Å². The predicted molar refractivity (Wildman–Crippen MR) is 110 cm³/mol. The van der Waals surface area contributed by atoms with Gasteiger partial charge in [-0.15, -0.1) is 0 Å². The number of nitrogens with one attached hydrogen (secondary N) is 2. The molecule has 8 nitrogen and oxygen atoms in total. The Balaban J connectivity index is 1.62. The minimum Gasteiger partial charge on any atom is -0.366 e. The number of ketones is 1. The second-order valence-corrected chi connectivity index (χ2v) is 7.63. The average molecular weight is 444 g/mol. The number of halogens is 3. The zero-order chi connectivity index (χ0) is 22.3. The lowest BCUT2D eigenvalue weighted by Crippen LogP contribution is -2.36. The van der Waals surface area contributed by atoms with Crippen LogP contribution in [0.15, 0.2) is 36.8 Å². The molecular weight excluding hydrogens is 425 g/mol. The third-order valence-corrected chi connectivity index (χ3v) is 5.44. The fourth-order valence-electron chi connectivity index (χ4n) is 3.95. The number of carbonyl (C=O) groups excluding carboxylic acids is 1. The zero-order valence-electron chi connectivity index (χ0n) is 16.8. The Morgan fingerprint density at radius 2 is 2.19 bits per heavy atom. The second-order valence-electron chi connectivity index (χ2n) is 7.63. The van der Waals surface area contributed by atoms with E-state index in [1.165, 1.54) is 12.3 Å². The van der Waals surface area contributed by atoms with Gasteiger partial charge in [0.05, 0.1) is 29.3 Å². The van der Waals surface area contributed by atoms with Crippen LogP contribution in [0.25, 0.3) is 33.2 Å². The van der Waals surface area contributed by atoms with Gasteiger partial charge in [0.15, 0.2) is 5.78 Å². The number of H-pyrrole nitrogens is 1. The van der Waals surface area contributed by atoms with Crippen molar-refractivity contribution < 1.29 is 22.7 Å². The van der Waals surface area contributed by atoms with Crippen LogP contribution in [0.4, 0.5) is 13.2 Å². The van der Waals surface area contributed by atoms with Gasteiger partial charge in [0.1, 0.15) is 17.9 Å². The number of fused-ring (bicyclic) bond motifs is 2. The predicted octanol–water partition coefficient (Wildman–Crippen LogP) is 3.45. The number of alkyl halides is 3. The summed E-state index contributed by atoms with van der Waals surface area (Å²) in [5.74, 6) is -0.285. The fourth-order valence-corrected chi connectivity index (χ4v) is 3.95. The van der Waals surface area contributed by atoms with Crippen LogP contribution < -0.4 is 5.32 Å². The molecule has 0 bridgehead atoms. The number of nitrogens with zero attached hydrogens (tertiary/aromatic N) is 4. The smallest absolute Gasteiger partial charge is 0.366 e.